The molecule has 1 rings (SSSR count). The second-order valence-corrected chi connectivity index (χ2v) is 5.89. The molecule has 110 valence electrons. The first-order chi connectivity index (χ1) is 8.81. The van der Waals surface area contributed by atoms with Gasteiger partial charge in [-0.25, -0.2) is 0 Å². The van der Waals surface area contributed by atoms with E-state index >= 15 is 0 Å². The van der Waals surface area contributed by atoms with Crippen LogP contribution < -0.4 is 0 Å². The van der Waals surface area contributed by atoms with Crippen LogP contribution in [0.15, 0.2) is 0 Å². The summed E-state index contributed by atoms with van der Waals surface area (Å²) in [5.41, 5.74) is -0.444. The molecular weight excluding hydrogens is 246 g/mol. The Morgan fingerprint density at radius 3 is 2.26 bits per heavy atom. The maximum Gasteiger partial charge on any atom is 0.320 e. The van der Waals surface area contributed by atoms with Crippen molar-refractivity contribution in [2.45, 2.75) is 46.1 Å². The number of rotatable bonds is 4. The molecule has 5 nitrogen and oxygen atoms in total. The monoisotopic (exact) mass is 271 g/mol. The number of esters is 2. The summed E-state index contributed by atoms with van der Waals surface area (Å²) in [5, 5.41) is 0. The molecule has 1 aliphatic rings. The van der Waals surface area contributed by atoms with Crippen molar-refractivity contribution in [3.8, 4) is 0 Å². The van der Waals surface area contributed by atoms with Crippen LogP contribution in [-0.2, 0) is 19.1 Å². The molecule has 19 heavy (non-hydrogen) atoms. The van der Waals surface area contributed by atoms with Gasteiger partial charge in [-0.2, -0.15) is 0 Å². The lowest BCUT2D eigenvalue weighted by molar-refractivity contribution is -0.156. The van der Waals surface area contributed by atoms with E-state index in [1.54, 1.807) is 0 Å². The molecule has 5 heteroatoms. The molecule has 0 saturated carbocycles. The second kappa shape index (κ2) is 6.89. The third-order valence-electron chi connectivity index (χ3n) is 2.98. The van der Waals surface area contributed by atoms with E-state index in [-0.39, 0.29) is 17.9 Å². The van der Waals surface area contributed by atoms with Crippen LogP contribution in [0, 0.1) is 5.92 Å². The van der Waals surface area contributed by atoms with Gasteiger partial charge in [-0.1, -0.05) is 0 Å². The van der Waals surface area contributed by atoms with Crippen LogP contribution in [0.25, 0.3) is 0 Å². The standard InChI is InChI=1S/C14H25NO4/c1-5-18-13(17)11-6-8-15(9-7-11)10-12(16)19-14(2,3)4/h11H,5-10H2,1-4H3. The van der Waals surface area contributed by atoms with Crippen LogP contribution >= 0.6 is 0 Å². The topological polar surface area (TPSA) is 55.8 Å². The Labute approximate surface area is 115 Å². The summed E-state index contributed by atoms with van der Waals surface area (Å²) in [6.07, 6.45) is 1.50. The Bertz CT molecular complexity index is 314. The summed E-state index contributed by atoms with van der Waals surface area (Å²) in [6, 6.07) is 0. The third-order valence-corrected chi connectivity index (χ3v) is 2.98. The first-order valence-corrected chi connectivity index (χ1v) is 6.92. The zero-order valence-electron chi connectivity index (χ0n) is 12.4. The summed E-state index contributed by atoms with van der Waals surface area (Å²) in [6.45, 7) is 9.60. The van der Waals surface area contributed by atoms with Crippen molar-refractivity contribution in [3.05, 3.63) is 0 Å². The van der Waals surface area contributed by atoms with Crippen LogP contribution in [0.1, 0.15) is 40.5 Å². The average Bonchev–Trinajstić information content (AvgIpc) is 2.27. The summed E-state index contributed by atoms with van der Waals surface area (Å²) >= 11 is 0. The molecule has 0 amide bonds. The summed E-state index contributed by atoms with van der Waals surface area (Å²) in [4.78, 5) is 25.3. The number of ether oxygens (including phenoxy) is 2. The number of likely N-dealkylation sites (tertiary alicyclic amines) is 1. The van der Waals surface area contributed by atoms with Crippen LogP contribution in [0.4, 0.5) is 0 Å². The molecule has 1 saturated heterocycles. The van der Waals surface area contributed by atoms with Gasteiger partial charge in [0.05, 0.1) is 19.1 Å². The van der Waals surface area contributed by atoms with Gasteiger partial charge in [0, 0.05) is 0 Å². The smallest absolute Gasteiger partial charge is 0.320 e. The van der Waals surface area contributed by atoms with E-state index in [1.807, 2.05) is 32.6 Å². The highest BCUT2D eigenvalue weighted by atomic mass is 16.6. The molecule has 1 fully saturated rings. The molecule has 1 aliphatic heterocycles. The fourth-order valence-corrected chi connectivity index (χ4v) is 2.14. The predicted octanol–water partition coefficient (Wildman–Crippen LogP) is 1.60. The van der Waals surface area contributed by atoms with E-state index in [9.17, 15) is 9.59 Å². The Balaban J connectivity index is 2.30. The van der Waals surface area contributed by atoms with Crippen molar-refractivity contribution < 1.29 is 19.1 Å². The van der Waals surface area contributed by atoms with Crippen LogP contribution in [0.5, 0.6) is 0 Å². The van der Waals surface area contributed by atoms with Gasteiger partial charge in [0.1, 0.15) is 5.60 Å². The summed E-state index contributed by atoms with van der Waals surface area (Å²) in [5.74, 6) is -0.337. The molecule has 0 aliphatic carbocycles. The number of hydrogen-bond acceptors (Lipinski definition) is 5. The minimum absolute atomic E-state index is 0.0187. The van der Waals surface area contributed by atoms with E-state index in [2.05, 4.69) is 0 Å². The minimum atomic E-state index is -0.444. The second-order valence-electron chi connectivity index (χ2n) is 5.89. The van der Waals surface area contributed by atoms with Crippen molar-refractivity contribution >= 4 is 11.9 Å². The largest absolute Gasteiger partial charge is 0.466 e. The molecule has 0 atom stereocenters. The van der Waals surface area contributed by atoms with Crippen molar-refractivity contribution in [1.29, 1.82) is 0 Å². The zero-order valence-corrected chi connectivity index (χ0v) is 12.4. The lowest BCUT2D eigenvalue weighted by Crippen LogP contribution is -2.41. The SMILES string of the molecule is CCOC(=O)C1CCN(CC(=O)OC(C)(C)C)CC1. The first kappa shape index (κ1) is 16.0. The van der Waals surface area contributed by atoms with E-state index in [1.165, 1.54) is 0 Å². The van der Waals surface area contributed by atoms with Crippen molar-refractivity contribution in [2.24, 2.45) is 5.92 Å². The molecule has 0 spiro atoms. The molecule has 0 aromatic heterocycles. The fraction of sp³-hybridized carbons (Fsp3) is 0.857. The molecule has 0 N–H and O–H groups in total. The highest BCUT2D eigenvalue weighted by molar-refractivity contribution is 5.73. The van der Waals surface area contributed by atoms with Gasteiger partial charge < -0.3 is 9.47 Å². The molecule has 1 heterocycles. The van der Waals surface area contributed by atoms with E-state index in [4.69, 9.17) is 9.47 Å². The number of carbonyl (C=O) groups excluding carboxylic acids is 2. The van der Waals surface area contributed by atoms with Gasteiger partial charge in [0.2, 0.25) is 0 Å². The lowest BCUT2D eigenvalue weighted by atomic mass is 9.97. The maximum atomic E-state index is 11.7. The summed E-state index contributed by atoms with van der Waals surface area (Å²) in [7, 11) is 0. The fourth-order valence-electron chi connectivity index (χ4n) is 2.14. The Morgan fingerprint density at radius 1 is 1.21 bits per heavy atom. The zero-order chi connectivity index (χ0) is 14.5. The Hall–Kier alpha value is -1.10. The summed E-state index contributed by atoms with van der Waals surface area (Å²) < 4.78 is 10.3. The van der Waals surface area contributed by atoms with Crippen LogP contribution in [0.2, 0.25) is 0 Å². The van der Waals surface area contributed by atoms with Gasteiger partial charge in [0.25, 0.3) is 0 Å². The van der Waals surface area contributed by atoms with Crippen molar-refractivity contribution in [3.63, 3.8) is 0 Å². The quantitative estimate of drug-likeness (QED) is 0.727. The van der Waals surface area contributed by atoms with Crippen LogP contribution in [-0.4, -0.2) is 48.7 Å². The van der Waals surface area contributed by atoms with Gasteiger partial charge in [-0.3, -0.25) is 14.5 Å². The molecule has 0 aromatic rings. The predicted molar refractivity (Wildman–Crippen MR) is 71.6 cm³/mol. The Morgan fingerprint density at radius 2 is 1.79 bits per heavy atom. The van der Waals surface area contributed by atoms with Gasteiger partial charge >= 0.3 is 11.9 Å². The van der Waals surface area contributed by atoms with Crippen LogP contribution in [0.3, 0.4) is 0 Å². The minimum Gasteiger partial charge on any atom is -0.466 e. The number of nitrogens with zero attached hydrogens (tertiary/aromatic N) is 1. The van der Waals surface area contributed by atoms with Crippen molar-refractivity contribution in [1.82, 2.24) is 4.90 Å². The lowest BCUT2D eigenvalue weighted by Gasteiger charge is -2.30. The molecule has 0 radical (unpaired) electrons. The van der Waals surface area contributed by atoms with E-state index in [0.29, 0.717) is 13.2 Å². The highest BCUT2D eigenvalue weighted by Gasteiger charge is 2.27. The van der Waals surface area contributed by atoms with Gasteiger partial charge in [-0.05, 0) is 53.6 Å². The normalized spacial score (nSPS) is 18.1. The average molecular weight is 271 g/mol. The Kier molecular flexibility index (Phi) is 5.79. The molecule has 0 bridgehead atoms. The number of hydrogen-bond donors (Lipinski definition) is 0. The highest BCUT2D eigenvalue weighted by Crippen LogP contribution is 2.19. The van der Waals surface area contributed by atoms with E-state index in [0.717, 1.165) is 25.9 Å². The number of piperidine rings is 1. The first-order valence-electron chi connectivity index (χ1n) is 6.92. The van der Waals surface area contributed by atoms with E-state index < -0.39 is 5.60 Å². The van der Waals surface area contributed by atoms with Gasteiger partial charge in [0.15, 0.2) is 0 Å². The molecular formula is C14H25NO4. The molecule has 0 aromatic carbocycles. The van der Waals surface area contributed by atoms with Gasteiger partial charge in [-0.15, -0.1) is 0 Å². The molecule has 0 unspecified atom stereocenters. The maximum absolute atomic E-state index is 11.7. The number of carbonyl (C=O) groups is 2. The van der Waals surface area contributed by atoms with Crippen molar-refractivity contribution in [2.75, 3.05) is 26.2 Å². The third kappa shape index (κ3) is 6.05.